The quantitative estimate of drug-likeness (QED) is 0.829. The van der Waals surface area contributed by atoms with Crippen molar-refractivity contribution in [1.29, 1.82) is 0 Å². The number of sulfonamides is 1. The smallest absolute Gasteiger partial charge is 0.357 e. The summed E-state index contributed by atoms with van der Waals surface area (Å²) in [5, 5.41) is 4.09. The number of esters is 1. The Morgan fingerprint density at radius 3 is 2.79 bits per heavy atom. The molecule has 1 N–H and O–H groups in total. The first-order chi connectivity index (χ1) is 11.5. The van der Waals surface area contributed by atoms with E-state index in [1.54, 1.807) is 31.3 Å². The van der Waals surface area contributed by atoms with E-state index in [4.69, 9.17) is 4.74 Å². The van der Waals surface area contributed by atoms with Crippen LogP contribution in [0.25, 0.3) is 10.8 Å². The first kappa shape index (κ1) is 16.8. The first-order valence-electron chi connectivity index (χ1n) is 7.61. The number of pyridine rings is 1. The van der Waals surface area contributed by atoms with Crippen LogP contribution in [-0.2, 0) is 14.8 Å². The van der Waals surface area contributed by atoms with Gasteiger partial charge in [-0.25, -0.2) is 18.2 Å². The van der Waals surface area contributed by atoms with Crippen LogP contribution in [0.15, 0.2) is 35.4 Å². The zero-order valence-corrected chi connectivity index (χ0v) is 14.3. The van der Waals surface area contributed by atoms with Crippen LogP contribution >= 0.6 is 0 Å². The SMILES string of the molecule is COC(=O)c1nccc2c(S(=O)(=O)N(C)C3CCNC3)cccc12. The minimum Gasteiger partial charge on any atom is -0.464 e. The number of likely N-dealkylation sites (N-methyl/N-ethyl adjacent to an activating group) is 1. The van der Waals surface area contributed by atoms with Crippen molar-refractivity contribution >= 4 is 26.8 Å². The standard InChI is InChI=1S/C16H19N3O4S/c1-19(11-6-8-17-10-11)24(21,22)14-5-3-4-13-12(14)7-9-18-15(13)16(20)23-2/h3-5,7,9,11,17H,6,8,10H2,1-2H3. The highest BCUT2D eigenvalue weighted by Crippen LogP contribution is 2.28. The fourth-order valence-electron chi connectivity index (χ4n) is 2.96. The average Bonchev–Trinajstić information content (AvgIpc) is 3.13. The van der Waals surface area contributed by atoms with Gasteiger partial charge in [0.1, 0.15) is 0 Å². The maximum absolute atomic E-state index is 13.0. The number of ether oxygens (including phenoxy) is 1. The summed E-state index contributed by atoms with van der Waals surface area (Å²) in [6.07, 6.45) is 2.19. The van der Waals surface area contributed by atoms with Crippen molar-refractivity contribution in [2.24, 2.45) is 0 Å². The number of carbonyl (C=O) groups excluding carboxylic acids is 1. The lowest BCUT2D eigenvalue weighted by Crippen LogP contribution is -2.38. The molecule has 1 aliphatic rings. The van der Waals surface area contributed by atoms with Gasteiger partial charge in [0.15, 0.2) is 5.69 Å². The molecule has 24 heavy (non-hydrogen) atoms. The van der Waals surface area contributed by atoms with Crippen LogP contribution in [0.1, 0.15) is 16.9 Å². The highest BCUT2D eigenvalue weighted by atomic mass is 32.2. The minimum atomic E-state index is -3.68. The van der Waals surface area contributed by atoms with Crippen molar-refractivity contribution in [3.63, 3.8) is 0 Å². The second-order valence-electron chi connectivity index (χ2n) is 5.67. The first-order valence-corrected chi connectivity index (χ1v) is 9.05. The van der Waals surface area contributed by atoms with Gasteiger partial charge in [0.25, 0.3) is 0 Å². The highest BCUT2D eigenvalue weighted by Gasteiger charge is 2.31. The molecule has 2 heterocycles. The van der Waals surface area contributed by atoms with E-state index in [1.807, 2.05) is 0 Å². The lowest BCUT2D eigenvalue weighted by Gasteiger charge is -2.24. The van der Waals surface area contributed by atoms with Crippen LogP contribution in [0.2, 0.25) is 0 Å². The van der Waals surface area contributed by atoms with Crippen LogP contribution in [0.5, 0.6) is 0 Å². The summed E-state index contributed by atoms with van der Waals surface area (Å²) in [6, 6.07) is 6.37. The zero-order valence-electron chi connectivity index (χ0n) is 13.5. The third-order valence-corrected chi connectivity index (χ3v) is 6.32. The topological polar surface area (TPSA) is 88.6 Å². The maximum atomic E-state index is 13.0. The molecule has 128 valence electrons. The lowest BCUT2D eigenvalue weighted by atomic mass is 10.1. The fraction of sp³-hybridized carbons (Fsp3) is 0.375. The van der Waals surface area contributed by atoms with E-state index in [-0.39, 0.29) is 16.6 Å². The molecule has 1 aliphatic heterocycles. The van der Waals surface area contributed by atoms with Crippen LogP contribution in [0.3, 0.4) is 0 Å². The maximum Gasteiger partial charge on any atom is 0.357 e. The number of aromatic nitrogens is 1. The molecule has 0 bridgehead atoms. The van der Waals surface area contributed by atoms with Gasteiger partial charge in [-0.3, -0.25) is 0 Å². The third-order valence-electron chi connectivity index (χ3n) is 4.35. The van der Waals surface area contributed by atoms with E-state index >= 15 is 0 Å². The van der Waals surface area contributed by atoms with Gasteiger partial charge in [-0.05, 0) is 25.1 Å². The van der Waals surface area contributed by atoms with Crippen LogP contribution < -0.4 is 5.32 Å². The molecule has 1 fully saturated rings. The molecule has 1 saturated heterocycles. The molecule has 2 aromatic rings. The van der Waals surface area contributed by atoms with E-state index in [0.717, 1.165) is 13.0 Å². The van der Waals surface area contributed by atoms with Crippen LogP contribution in [0.4, 0.5) is 0 Å². The summed E-state index contributed by atoms with van der Waals surface area (Å²) in [7, 11) is -0.825. The predicted molar refractivity (Wildman–Crippen MR) is 89.3 cm³/mol. The van der Waals surface area contributed by atoms with Crippen molar-refractivity contribution in [2.75, 3.05) is 27.2 Å². The number of carbonyl (C=O) groups is 1. The molecule has 1 aromatic carbocycles. The zero-order chi connectivity index (χ0) is 17.3. The van der Waals surface area contributed by atoms with Crippen molar-refractivity contribution in [1.82, 2.24) is 14.6 Å². The summed E-state index contributed by atoms with van der Waals surface area (Å²) in [5.41, 5.74) is 0.109. The molecule has 1 aromatic heterocycles. The van der Waals surface area contributed by atoms with Gasteiger partial charge >= 0.3 is 5.97 Å². The molecule has 0 spiro atoms. The highest BCUT2D eigenvalue weighted by molar-refractivity contribution is 7.89. The number of rotatable bonds is 4. The molecule has 1 atom stereocenters. The molecule has 0 radical (unpaired) electrons. The van der Waals surface area contributed by atoms with Gasteiger partial charge in [-0.1, -0.05) is 12.1 Å². The molecule has 0 saturated carbocycles. The average molecular weight is 349 g/mol. The Hall–Kier alpha value is -2.03. The molecule has 8 heteroatoms. The number of nitrogens with one attached hydrogen (secondary N) is 1. The van der Waals surface area contributed by atoms with Gasteiger partial charge in [0, 0.05) is 36.6 Å². The number of hydrogen-bond acceptors (Lipinski definition) is 6. The van der Waals surface area contributed by atoms with Crippen molar-refractivity contribution in [2.45, 2.75) is 17.4 Å². The lowest BCUT2D eigenvalue weighted by molar-refractivity contribution is 0.0596. The minimum absolute atomic E-state index is 0.0767. The molecular weight excluding hydrogens is 330 g/mol. The Morgan fingerprint density at radius 1 is 1.33 bits per heavy atom. The summed E-state index contributed by atoms with van der Waals surface area (Å²) in [6.45, 7) is 1.44. The van der Waals surface area contributed by atoms with Gasteiger partial charge < -0.3 is 10.1 Å². The van der Waals surface area contributed by atoms with Crippen LogP contribution in [-0.4, -0.2) is 57.0 Å². The van der Waals surface area contributed by atoms with Gasteiger partial charge in [0.05, 0.1) is 12.0 Å². The van der Waals surface area contributed by atoms with E-state index in [0.29, 0.717) is 17.3 Å². The van der Waals surface area contributed by atoms with E-state index < -0.39 is 16.0 Å². The van der Waals surface area contributed by atoms with E-state index in [2.05, 4.69) is 10.3 Å². The van der Waals surface area contributed by atoms with Gasteiger partial charge in [-0.2, -0.15) is 4.31 Å². The number of benzene rings is 1. The Bertz CT molecular complexity index is 876. The van der Waals surface area contributed by atoms with Crippen molar-refractivity contribution in [3.05, 3.63) is 36.2 Å². The molecule has 7 nitrogen and oxygen atoms in total. The van der Waals surface area contributed by atoms with Gasteiger partial charge in [-0.15, -0.1) is 0 Å². The molecule has 1 unspecified atom stereocenters. The molecule has 0 aliphatic carbocycles. The third kappa shape index (κ3) is 2.77. The Balaban J connectivity index is 2.14. The van der Waals surface area contributed by atoms with Crippen molar-refractivity contribution < 1.29 is 17.9 Å². The Kier molecular flexibility index (Phi) is 4.53. The number of nitrogens with zero attached hydrogens (tertiary/aromatic N) is 2. The largest absolute Gasteiger partial charge is 0.464 e. The fourth-order valence-corrected chi connectivity index (χ4v) is 4.55. The normalized spacial score (nSPS) is 18.2. The summed E-state index contributed by atoms with van der Waals surface area (Å²) in [4.78, 5) is 16.1. The van der Waals surface area contributed by atoms with Crippen molar-refractivity contribution in [3.8, 4) is 0 Å². The Labute approximate surface area is 140 Å². The second kappa shape index (κ2) is 6.46. The summed E-state index contributed by atoms with van der Waals surface area (Å²) in [5.74, 6) is -0.594. The molecular formula is C16H19N3O4S. The molecule has 3 rings (SSSR count). The predicted octanol–water partition coefficient (Wildman–Crippen LogP) is 1.00. The number of fused-ring (bicyclic) bond motifs is 1. The van der Waals surface area contributed by atoms with Crippen LogP contribution in [0, 0.1) is 0 Å². The van der Waals surface area contributed by atoms with Gasteiger partial charge in [0.2, 0.25) is 10.0 Å². The monoisotopic (exact) mass is 349 g/mol. The summed E-state index contributed by atoms with van der Waals surface area (Å²) < 4.78 is 32.2. The number of hydrogen-bond donors (Lipinski definition) is 1. The van der Waals surface area contributed by atoms with E-state index in [1.165, 1.54) is 17.6 Å². The second-order valence-corrected chi connectivity index (χ2v) is 7.64. The molecule has 0 amide bonds. The number of methoxy groups -OCH3 is 1. The Morgan fingerprint density at radius 2 is 2.12 bits per heavy atom. The summed E-state index contributed by atoms with van der Waals surface area (Å²) >= 11 is 0. The van der Waals surface area contributed by atoms with E-state index in [9.17, 15) is 13.2 Å².